The number of rotatable bonds is 7. The Morgan fingerprint density at radius 1 is 1.48 bits per heavy atom. The number of thiazole rings is 1. The second-order valence-corrected chi connectivity index (χ2v) is 5.91. The van der Waals surface area contributed by atoms with E-state index < -0.39 is 4.92 Å². The topological polar surface area (TPSA) is 77.3 Å². The van der Waals surface area contributed by atoms with E-state index in [1.54, 1.807) is 18.3 Å². The minimum absolute atomic E-state index is 0.00153. The van der Waals surface area contributed by atoms with Crippen LogP contribution in [0.3, 0.4) is 0 Å². The van der Waals surface area contributed by atoms with Gasteiger partial charge in [0.15, 0.2) is 5.75 Å². The van der Waals surface area contributed by atoms with Gasteiger partial charge in [-0.1, -0.05) is 6.07 Å². The largest absolute Gasteiger partial charge is 0.479 e. The van der Waals surface area contributed by atoms with E-state index in [1.165, 1.54) is 24.2 Å². The Labute approximate surface area is 125 Å². The molecule has 7 heteroatoms. The summed E-state index contributed by atoms with van der Waals surface area (Å²) in [4.78, 5) is 14.9. The lowest BCUT2D eigenvalue weighted by Crippen LogP contribution is -2.15. The Morgan fingerprint density at radius 3 is 3.00 bits per heavy atom. The van der Waals surface area contributed by atoms with Crippen LogP contribution in [0.1, 0.15) is 23.4 Å². The second kappa shape index (κ2) is 6.19. The highest BCUT2D eigenvalue weighted by atomic mass is 32.1. The van der Waals surface area contributed by atoms with Gasteiger partial charge in [0.2, 0.25) is 0 Å². The summed E-state index contributed by atoms with van der Waals surface area (Å²) in [5, 5.41) is 17.2. The van der Waals surface area contributed by atoms with Crippen molar-refractivity contribution in [2.75, 3.05) is 0 Å². The molecule has 0 amide bonds. The minimum atomic E-state index is -0.405. The molecule has 0 bridgehead atoms. The lowest BCUT2D eigenvalue weighted by Gasteiger charge is -2.08. The van der Waals surface area contributed by atoms with Crippen molar-refractivity contribution >= 4 is 17.0 Å². The summed E-state index contributed by atoms with van der Waals surface area (Å²) < 4.78 is 5.52. The smallest absolute Gasteiger partial charge is 0.311 e. The first kappa shape index (κ1) is 14.0. The van der Waals surface area contributed by atoms with Crippen molar-refractivity contribution in [2.45, 2.75) is 32.0 Å². The molecule has 0 atom stereocenters. The van der Waals surface area contributed by atoms with Crippen LogP contribution in [0, 0.1) is 10.1 Å². The van der Waals surface area contributed by atoms with E-state index in [-0.39, 0.29) is 18.0 Å². The molecule has 1 heterocycles. The van der Waals surface area contributed by atoms with Gasteiger partial charge >= 0.3 is 5.69 Å². The molecule has 110 valence electrons. The number of nitro groups is 1. The molecule has 0 saturated heterocycles. The number of nitrogens with zero attached hydrogens (tertiary/aromatic N) is 2. The first-order valence-corrected chi connectivity index (χ1v) is 7.62. The fraction of sp³-hybridized carbons (Fsp3) is 0.357. The number of hydrogen-bond donors (Lipinski definition) is 1. The van der Waals surface area contributed by atoms with Gasteiger partial charge in [-0.3, -0.25) is 10.1 Å². The number of nitro benzene ring substituents is 1. The molecule has 0 aliphatic heterocycles. The maximum atomic E-state index is 11.2. The van der Waals surface area contributed by atoms with Crippen molar-refractivity contribution in [1.29, 1.82) is 0 Å². The monoisotopic (exact) mass is 305 g/mol. The van der Waals surface area contributed by atoms with Gasteiger partial charge in [-0.05, 0) is 24.5 Å². The Kier molecular flexibility index (Phi) is 4.12. The number of ether oxygens (including phenoxy) is 1. The standard InChI is InChI=1S/C14H15N3O3S/c18-17(19)12-7-10(8-16-11-2-3-11)1-4-13(12)20-9-14-15-5-6-21-14/h1,4-7,11,16H,2-3,8-9H2. The normalized spacial score (nSPS) is 14.1. The third kappa shape index (κ3) is 3.77. The Hall–Kier alpha value is -1.99. The maximum Gasteiger partial charge on any atom is 0.311 e. The molecule has 21 heavy (non-hydrogen) atoms. The Bertz CT molecular complexity index is 626. The summed E-state index contributed by atoms with van der Waals surface area (Å²) in [6.45, 7) is 0.899. The van der Waals surface area contributed by atoms with Crippen LogP contribution in [-0.2, 0) is 13.2 Å². The average molecular weight is 305 g/mol. The highest BCUT2D eigenvalue weighted by Crippen LogP contribution is 2.29. The molecular formula is C14H15N3O3S. The molecule has 1 N–H and O–H groups in total. The quantitative estimate of drug-likeness (QED) is 0.628. The summed E-state index contributed by atoms with van der Waals surface area (Å²) in [7, 11) is 0. The zero-order valence-electron chi connectivity index (χ0n) is 11.3. The predicted octanol–water partition coefficient (Wildman–Crippen LogP) is 2.88. The maximum absolute atomic E-state index is 11.2. The van der Waals surface area contributed by atoms with Gasteiger partial charge < -0.3 is 10.1 Å². The van der Waals surface area contributed by atoms with E-state index in [0.29, 0.717) is 12.6 Å². The van der Waals surface area contributed by atoms with Gasteiger partial charge in [0.1, 0.15) is 11.6 Å². The third-order valence-corrected chi connectivity index (χ3v) is 3.98. The molecule has 1 aliphatic carbocycles. The van der Waals surface area contributed by atoms with Gasteiger partial charge in [0.25, 0.3) is 0 Å². The van der Waals surface area contributed by atoms with Crippen molar-refractivity contribution in [3.05, 3.63) is 50.5 Å². The summed E-state index contributed by atoms with van der Waals surface area (Å²) in [5.74, 6) is 0.283. The van der Waals surface area contributed by atoms with Crippen molar-refractivity contribution in [1.82, 2.24) is 10.3 Å². The summed E-state index contributed by atoms with van der Waals surface area (Å²) >= 11 is 1.46. The average Bonchev–Trinajstić information content (AvgIpc) is 3.17. The zero-order chi connectivity index (χ0) is 14.7. The molecule has 2 aromatic rings. The molecule has 3 rings (SSSR count). The van der Waals surface area contributed by atoms with E-state index in [1.807, 2.05) is 11.4 Å². The molecule has 0 spiro atoms. The van der Waals surface area contributed by atoms with Gasteiger partial charge in [0.05, 0.1) is 4.92 Å². The number of benzene rings is 1. The van der Waals surface area contributed by atoms with Crippen molar-refractivity contribution in [2.24, 2.45) is 0 Å². The summed E-state index contributed by atoms with van der Waals surface area (Å²) in [6, 6.07) is 5.67. The molecule has 0 unspecified atom stereocenters. The van der Waals surface area contributed by atoms with Gasteiger partial charge in [0, 0.05) is 30.2 Å². The van der Waals surface area contributed by atoms with Crippen molar-refractivity contribution in [3.8, 4) is 5.75 Å². The lowest BCUT2D eigenvalue weighted by atomic mass is 10.2. The molecule has 1 aliphatic rings. The molecular weight excluding hydrogens is 290 g/mol. The number of aromatic nitrogens is 1. The molecule has 1 aromatic heterocycles. The lowest BCUT2D eigenvalue weighted by molar-refractivity contribution is -0.386. The fourth-order valence-corrected chi connectivity index (χ4v) is 2.48. The van der Waals surface area contributed by atoms with Gasteiger partial charge in [-0.15, -0.1) is 11.3 Å². The molecule has 6 nitrogen and oxygen atoms in total. The predicted molar refractivity (Wildman–Crippen MR) is 79.4 cm³/mol. The molecule has 1 saturated carbocycles. The van der Waals surface area contributed by atoms with E-state index in [9.17, 15) is 10.1 Å². The number of hydrogen-bond acceptors (Lipinski definition) is 6. The highest BCUT2D eigenvalue weighted by molar-refractivity contribution is 7.09. The van der Waals surface area contributed by atoms with Crippen LogP contribution in [0.4, 0.5) is 5.69 Å². The van der Waals surface area contributed by atoms with Crippen LogP contribution in [-0.4, -0.2) is 15.9 Å². The molecule has 0 radical (unpaired) electrons. The van der Waals surface area contributed by atoms with Gasteiger partial charge in [-0.25, -0.2) is 4.98 Å². The van der Waals surface area contributed by atoms with E-state index in [2.05, 4.69) is 10.3 Å². The van der Waals surface area contributed by atoms with Crippen LogP contribution >= 0.6 is 11.3 Å². The van der Waals surface area contributed by atoms with Crippen LogP contribution in [0.25, 0.3) is 0 Å². The van der Waals surface area contributed by atoms with E-state index in [0.717, 1.165) is 10.6 Å². The van der Waals surface area contributed by atoms with E-state index in [4.69, 9.17) is 4.74 Å². The summed E-state index contributed by atoms with van der Waals surface area (Å²) in [5.41, 5.74) is 0.900. The Balaban J connectivity index is 1.70. The first-order chi connectivity index (χ1) is 10.2. The third-order valence-electron chi connectivity index (χ3n) is 3.23. The number of nitrogens with one attached hydrogen (secondary N) is 1. The van der Waals surface area contributed by atoms with Crippen LogP contribution in [0.2, 0.25) is 0 Å². The van der Waals surface area contributed by atoms with Crippen LogP contribution < -0.4 is 10.1 Å². The zero-order valence-corrected chi connectivity index (χ0v) is 12.1. The van der Waals surface area contributed by atoms with Crippen LogP contribution in [0.15, 0.2) is 29.8 Å². The SMILES string of the molecule is O=[N+]([O-])c1cc(CNC2CC2)ccc1OCc1nccs1. The van der Waals surface area contributed by atoms with Crippen LogP contribution in [0.5, 0.6) is 5.75 Å². The summed E-state index contributed by atoms with van der Waals surface area (Å²) in [6.07, 6.45) is 4.07. The first-order valence-electron chi connectivity index (χ1n) is 6.74. The Morgan fingerprint density at radius 2 is 2.33 bits per heavy atom. The molecule has 1 aromatic carbocycles. The van der Waals surface area contributed by atoms with Crippen molar-refractivity contribution < 1.29 is 9.66 Å². The molecule has 1 fully saturated rings. The fourth-order valence-electron chi connectivity index (χ4n) is 1.95. The minimum Gasteiger partial charge on any atom is -0.479 e. The second-order valence-electron chi connectivity index (χ2n) is 4.93. The van der Waals surface area contributed by atoms with Gasteiger partial charge in [-0.2, -0.15) is 0 Å². The van der Waals surface area contributed by atoms with Crippen molar-refractivity contribution in [3.63, 3.8) is 0 Å². The highest BCUT2D eigenvalue weighted by Gasteiger charge is 2.21. The van der Waals surface area contributed by atoms with E-state index >= 15 is 0 Å².